The molecule has 15 heavy (non-hydrogen) atoms. The third-order valence-corrected chi connectivity index (χ3v) is 2.60. The molecule has 0 aliphatic heterocycles. The maximum absolute atomic E-state index is 10.5. The molecule has 5 nitrogen and oxygen atoms in total. The summed E-state index contributed by atoms with van der Waals surface area (Å²) in [5, 5.41) is 2.36. The number of rotatable bonds is 3. The van der Waals surface area contributed by atoms with Crippen LogP contribution in [-0.4, -0.2) is 28.3 Å². The van der Waals surface area contributed by atoms with E-state index in [-0.39, 0.29) is 0 Å². The molecule has 0 bridgehead atoms. The van der Waals surface area contributed by atoms with Crippen LogP contribution in [-0.2, 0) is 0 Å². The minimum atomic E-state index is 0.410. The summed E-state index contributed by atoms with van der Waals surface area (Å²) in [6.45, 7) is 0. The molecule has 0 aliphatic carbocycles. The van der Waals surface area contributed by atoms with Crippen LogP contribution in [0, 0.1) is 0 Å². The minimum Gasteiger partial charge on any atom is -0.481 e. The van der Waals surface area contributed by atoms with Gasteiger partial charge in [-0.05, 0) is 0 Å². The number of methoxy groups -OCH3 is 1. The van der Waals surface area contributed by atoms with Crippen molar-refractivity contribution < 1.29 is 9.53 Å². The lowest BCUT2D eigenvalue weighted by atomic mass is 10.4. The maximum atomic E-state index is 10.5. The van der Waals surface area contributed by atoms with E-state index in [4.69, 9.17) is 4.74 Å². The standard InChI is InChI=1S/C9H7N3O2S/c1-14-8-2-7(10-5-11-8)9-12-6(3-13)4-15-9/h2-5H,1H3. The summed E-state index contributed by atoms with van der Waals surface area (Å²) in [5.74, 6) is 0.475. The molecule has 0 aliphatic rings. The average Bonchev–Trinajstić information content (AvgIpc) is 2.78. The zero-order valence-electron chi connectivity index (χ0n) is 7.88. The molecule has 2 aromatic heterocycles. The first-order valence-corrected chi connectivity index (χ1v) is 4.98. The second kappa shape index (κ2) is 4.14. The number of nitrogens with zero attached hydrogens (tertiary/aromatic N) is 3. The Kier molecular flexibility index (Phi) is 2.68. The highest BCUT2D eigenvalue weighted by Crippen LogP contribution is 2.22. The van der Waals surface area contributed by atoms with Crippen LogP contribution in [0.5, 0.6) is 5.88 Å². The van der Waals surface area contributed by atoms with E-state index < -0.39 is 0 Å². The van der Waals surface area contributed by atoms with Gasteiger partial charge < -0.3 is 4.74 Å². The molecule has 0 N–H and O–H groups in total. The minimum absolute atomic E-state index is 0.410. The van der Waals surface area contributed by atoms with Crippen LogP contribution < -0.4 is 4.74 Å². The van der Waals surface area contributed by atoms with Crippen LogP contribution >= 0.6 is 11.3 Å². The summed E-state index contributed by atoms with van der Waals surface area (Å²) in [5.41, 5.74) is 1.06. The van der Waals surface area contributed by atoms with E-state index >= 15 is 0 Å². The number of ether oxygens (including phenoxy) is 1. The summed E-state index contributed by atoms with van der Waals surface area (Å²) in [4.78, 5) is 22.5. The summed E-state index contributed by atoms with van der Waals surface area (Å²) in [7, 11) is 1.53. The summed E-state index contributed by atoms with van der Waals surface area (Å²) >= 11 is 1.36. The molecule has 0 saturated heterocycles. The molecule has 2 rings (SSSR count). The molecular formula is C9H7N3O2S. The van der Waals surface area contributed by atoms with E-state index in [2.05, 4.69) is 15.0 Å². The van der Waals surface area contributed by atoms with Gasteiger partial charge in [0.15, 0.2) is 6.29 Å². The van der Waals surface area contributed by atoms with Crippen molar-refractivity contribution in [3.63, 3.8) is 0 Å². The Morgan fingerprint density at radius 3 is 3.00 bits per heavy atom. The monoisotopic (exact) mass is 221 g/mol. The molecule has 0 aromatic carbocycles. The van der Waals surface area contributed by atoms with Gasteiger partial charge in [0.05, 0.1) is 7.11 Å². The van der Waals surface area contributed by atoms with Gasteiger partial charge in [0.1, 0.15) is 22.7 Å². The Hall–Kier alpha value is -1.82. The van der Waals surface area contributed by atoms with E-state index in [1.54, 1.807) is 11.4 Å². The van der Waals surface area contributed by atoms with Crippen LogP contribution in [0.1, 0.15) is 10.5 Å². The van der Waals surface area contributed by atoms with Crippen LogP contribution in [0.15, 0.2) is 17.8 Å². The largest absolute Gasteiger partial charge is 0.481 e. The molecule has 6 heteroatoms. The molecule has 2 aromatic rings. The third kappa shape index (κ3) is 1.99. The van der Waals surface area contributed by atoms with Gasteiger partial charge in [-0.3, -0.25) is 4.79 Å². The molecule has 76 valence electrons. The quantitative estimate of drug-likeness (QED) is 0.733. The van der Waals surface area contributed by atoms with Crippen molar-refractivity contribution in [1.82, 2.24) is 15.0 Å². The van der Waals surface area contributed by atoms with Crippen LogP contribution in [0.4, 0.5) is 0 Å². The Labute approximate surface area is 89.8 Å². The second-order valence-corrected chi connectivity index (χ2v) is 3.50. The van der Waals surface area contributed by atoms with Gasteiger partial charge in [0.2, 0.25) is 5.88 Å². The van der Waals surface area contributed by atoms with Crippen LogP contribution in [0.25, 0.3) is 10.7 Å². The molecule has 0 amide bonds. The summed E-state index contributed by atoms with van der Waals surface area (Å²) in [6.07, 6.45) is 2.11. The summed E-state index contributed by atoms with van der Waals surface area (Å²) < 4.78 is 4.97. The fourth-order valence-corrected chi connectivity index (χ4v) is 1.76. The SMILES string of the molecule is COc1cc(-c2nc(C=O)cs2)ncn1. The molecule has 2 heterocycles. The number of hydrogen-bond acceptors (Lipinski definition) is 6. The predicted octanol–water partition coefficient (Wildman–Crippen LogP) is 1.42. The number of aldehydes is 1. The molecule has 0 saturated carbocycles. The molecular weight excluding hydrogens is 214 g/mol. The van der Waals surface area contributed by atoms with Gasteiger partial charge in [0, 0.05) is 11.4 Å². The fraction of sp³-hybridized carbons (Fsp3) is 0.111. The highest BCUT2D eigenvalue weighted by molar-refractivity contribution is 7.13. The highest BCUT2D eigenvalue weighted by atomic mass is 32.1. The van der Waals surface area contributed by atoms with E-state index in [0.717, 1.165) is 0 Å². The summed E-state index contributed by atoms with van der Waals surface area (Å²) in [6, 6.07) is 1.67. The molecule has 0 fully saturated rings. The highest BCUT2D eigenvalue weighted by Gasteiger charge is 2.06. The van der Waals surface area contributed by atoms with E-state index in [0.29, 0.717) is 28.6 Å². The first-order chi connectivity index (χ1) is 7.33. The number of carbonyl (C=O) groups is 1. The van der Waals surface area contributed by atoms with Crippen molar-refractivity contribution in [2.24, 2.45) is 0 Å². The maximum Gasteiger partial charge on any atom is 0.216 e. The normalized spacial score (nSPS) is 9.93. The third-order valence-electron chi connectivity index (χ3n) is 1.71. The molecule has 0 atom stereocenters. The Balaban J connectivity index is 2.39. The van der Waals surface area contributed by atoms with Gasteiger partial charge >= 0.3 is 0 Å². The van der Waals surface area contributed by atoms with Crippen molar-refractivity contribution in [3.8, 4) is 16.6 Å². The predicted molar refractivity (Wildman–Crippen MR) is 55.1 cm³/mol. The first kappa shape index (κ1) is 9.72. The Morgan fingerprint density at radius 1 is 1.47 bits per heavy atom. The topological polar surface area (TPSA) is 65.0 Å². The van der Waals surface area contributed by atoms with E-state index in [9.17, 15) is 4.79 Å². The van der Waals surface area contributed by atoms with Crippen molar-refractivity contribution in [3.05, 3.63) is 23.5 Å². The number of thiazole rings is 1. The van der Waals surface area contributed by atoms with Crippen molar-refractivity contribution in [2.75, 3.05) is 7.11 Å². The zero-order valence-corrected chi connectivity index (χ0v) is 8.69. The first-order valence-electron chi connectivity index (χ1n) is 4.10. The van der Waals surface area contributed by atoms with E-state index in [1.807, 2.05) is 0 Å². The molecule has 0 radical (unpaired) electrons. The smallest absolute Gasteiger partial charge is 0.216 e. The van der Waals surface area contributed by atoms with E-state index in [1.165, 1.54) is 24.8 Å². The number of aromatic nitrogens is 3. The zero-order chi connectivity index (χ0) is 10.7. The number of hydrogen-bond donors (Lipinski definition) is 0. The van der Waals surface area contributed by atoms with Gasteiger partial charge in [-0.25, -0.2) is 15.0 Å². The fourth-order valence-electron chi connectivity index (χ4n) is 1.03. The van der Waals surface area contributed by atoms with Crippen LogP contribution in [0.3, 0.4) is 0 Å². The van der Waals surface area contributed by atoms with Gasteiger partial charge in [0.25, 0.3) is 0 Å². The van der Waals surface area contributed by atoms with Crippen LogP contribution in [0.2, 0.25) is 0 Å². The number of carbonyl (C=O) groups excluding carboxylic acids is 1. The molecule has 0 spiro atoms. The van der Waals surface area contributed by atoms with Gasteiger partial charge in [-0.15, -0.1) is 11.3 Å². The van der Waals surface area contributed by atoms with Crippen molar-refractivity contribution in [2.45, 2.75) is 0 Å². The van der Waals surface area contributed by atoms with Gasteiger partial charge in [-0.1, -0.05) is 0 Å². The molecule has 0 unspecified atom stereocenters. The Bertz CT molecular complexity index is 484. The lowest BCUT2D eigenvalue weighted by Crippen LogP contribution is -1.90. The Morgan fingerprint density at radius 2 is 2.33 bits per heavy atom. The van der Waals surface area contributed by atoms with Crippen molar-refractivity contribution >= 4 is 17.6 Å². The second-order valence-electron chi connectivity index (χ2n) is 2.64. The average molecular weight is 221 g/mol. The van der Waals surface area contributed by atoms with Crippen molar-refractivity contribution in [1.29, 1.82) is 0 Å². The lowest BCUT2D eigenvalue weighted by molar-refractivity contribution is 0.111. The lowest BCUT2D eigenvalue weighted by Gasteiger charge is -1.98. The van der Waals surface area contributed by atoms with Gasteiger partial charge in [-0.2, -0.15) is 0 Å².